The normalized spacial score (nSPS) is 15.5. The Bertz CT molecular complexity index is 1160. The summed E-state index contributed by atoms with van der Waals surface area (Å²) in [7, 11) is -3.35. The van der Waals surface area contributed by atoms with E-state index in [1.807, 2.05) is 61.5 Å². The summed E-state index contributed by atoms with van der Waals surface area (Å²) >= 11 is 0. The van der Waals surface area contributed by atoms with E-state index in [4.69, 9.17) is 5.73 Å². The fourth-order valence-electron chi connectivity index (χ4n) is 3.64. The molecule has 0 amide bonds. The minimum atomic E-state index is -3.35. The third kappa shape index (κ3) is 5.58. The molecule has 1 aromatic heterocycles. The molecular formula is C22H27N7O2S. The Balaban J connectivity index is 1.37. The number of hydrogen-bond acceptors (Lipinski definition) is 8. The SMILES string of the molecule is Cc1ccccc1Nc1nc(N)nc(CN2CCN(S(=O)(=O)Cc3ccccc3)CC2)n1. The average Bonchev–Trinajstić information content (AvgIpc) is 2.76. The lowest BCUT2D eigenvalue weighted by Gasteiger charge is -2.33. The lowest BCUT2D eigenvalue weighted by atomic mass is 10.2. The molecule has 1 saturated heterocycles. The first-order chi connectivity index (χ1) is 15.4. The number of anilines is 3. The smallest absolute Gasteiger partial charge is 0.232 e. The number of hydrogen-bond donors (Lipinski definition) is 2. The van der Waals surface area contributed by atoms with Gasteiger partial charge in [-0.3, -0.25) is 4.90 Å². The molecule has 1 aliphatic rings. The Morgan fingerprint density at radius 3 is 2.34 bits per heavy atom. The van der Waals surface area contributed by atoms with E-state index < -0.39 is 10.0 Å². The number of benzene rings is 2. The molecular weight excluding hydrogens is 426 g/mol. The number of aryl methyl sites for hydroxylation is 1. The molecule has 0 radical (unpaired) electrons. The van der Waals surface area contributed by atoms with Crippen molar-refractivity contribution in [2.45, 2.75) is 19.2 Å². The van der Waals surface area contributed by atoms with E-state index in [0.29, 0.717) is 44.5 Å². The van der Waals surface area contributed by atoms with Crippen LogP contribution in [0, 0.1) is 6.92 Å². The van der Waals surface area contributed by atoms with Gasteiger partial charge in [0.25, 0.3) is 0 Å². The van der Waals surface area contributed by atoms with E-state index >= 15 is 0 Å². The lowest BCUT2D eigenvalue weighted by molar-refractivity contribution is 0.178. The third-order valence-electron chi connectivity index (χ3n) is 5.37. The summed E-state index contributed by atoms with van der Waals surface area (Å²) in [5.74, 6) is 1.11. The molecule has 0 unspecified atom stereocenters. The van der Waals surface area contributed by atoms with Crippen LogP contribution in [0.25, 0.3) is 0 Å². The van der Waals surface area contributed by atoms with Crippen LogP contribution in [0.3, 0.4) is 0 Å². The first-order valence-electron chi connectivity index (χ1n) is 10.5. The standard InChI is InChI=1S/C22H27N7O2S/c1-17-7-5-6-10-19(17)24-22-26-20(25-21(23)27-22)15-28-11-13-29(14-12-28)32(30,31)16-18-8-3-2-4-9-18/h2-10H,11-16H2,1H3,(H3,23,24,25,26,27). The molecule has 0 saturated carbocycles. The molecule has 168 valence electrons. The monoisotopic (exact) mass is 453 g/mol. The number of rotatable bonds is 7. The van der Waals surface area contributed by atoms with Gasteiger partial charge in [0.05, 0.1) is 12.3 Å². The van der Waals surface area contributed by atoms with Crippen molar-refractivity contribution < 1.29 is 8.42 Å². The highest BCUT2D eigenvalue weighted by molar-refractivity contribution is 7.88. The molecule has 9 nitrogen and oxygen atoms in total. The van der Waals surface area contributed by atoms with Crippen molar-refractivity contribution in [3.05, 3.63) is 71.5 Å². The molecule has 4 rings (SSSR count). The average molecular weight is 454 g/mol. The zero-order chi connectivity index (χ0) is 22.6. The van der Waals surface area contributed by atoms with Gasteiger partial charge in [0.15, 0.2) is 0 Å². The predicted molar refractivity (Wildman–Crippen MR) is 125 cm³/mol. The summed E-state index contributed by atoms with van der Waals surface area (Å²) in [6.45, 7) is 4.54. The number of nitrogens with one attached hydrogen (secondary N) is 1. The number of piperazine rings is 1. The molecule has 0 atom stereocenters. The molecule has 0 spiro atoms. The number of sulfonamides is 1. The van der Waals surface area contributed by atoms with E-state index in [2.05, 4.69) is 25.2 Å². The number of nitrogens with zero attached hydrogens (tertiary/aromatic N) is 5. The molecule has 32 heavy (non-hydrogen) atoms. The zero-order valence-electron chi connectivity index (χ0n) is 18.0. The topological polar surface area (TPSA) is 117 Å². The highest BCUT2D eigenvalue weighted by atomic mass is 32.2. The molecule has 2 heterocycles. The Morgan fingerprint density at radius 2 is 1.62 bits per heavy atom. The van der Waals surface area contributed by atoms with Crippen LogP contribution in [-0.4, -0.2) is 58.8 Å². The van der Waals surface area contributed by atoms with E-state index in [9.17, 15) is 8.42 Å². The van der Waals surface area contributed by atoms with Gasteiger partial charge in [-0.25, -0.2) is 8.42 Å². The maximum atomic E-state index is 12.8. The Labute approximate surface area is 188 Å². The van der Waals surface area contributed by atoms with Gasteiger partial charge in [-0.1, -0.05) is 48.5 Å². The van der Waals surface area contributed by atoms with Gasteiger partial charge < -0.3 is 11.1 Å². The van der Waals surface area contributed by atoms with Gasteiger partial charge in [0.2, 0.25) is 21.9 Å². The molecule has 1 aliphatic heterocycles. The third-order valence-corrected chi connectivity index (χ3v) is 7.22. The lowest BCUT2D eigenvalue weighted by Crippen LogP contribution is -2.48. The van der Waals surface area contributed by atoms with Crippen molar-refractivity contribution in [1.82, 2.24) is 24.2 Å². The van der Waals surface area contributed by atoms with E-state index in [1.165, 1.54) is 0 Å². The van der Waals surface area contributed by atoms with E-state index in [1.54, 1.807) is 4.31 Å². The zero-order valence-corrected chi connectivity index (χ0v) is 18.8. The number of para-hydroxylation sites is 1. The fraction of sp³-hybridized carbons (Fsp3) is 0.318. The molecule has 0 aliphatic carbocycles. The number of aromatic nitrogens is 3. The van der Waals surface area contributed by atoms with Crippen LogP contribution >= 0.6 is 0 Å². The van der Waals surface area contributed by atoms with Gasteiger partial charge in [-0.2, -0.15) is 19.3 Å². The summed E-state index contributed by atoms with van der Waals surface area (Å²) in [6.07, 6.45) is 0. The van der Waals surface area contributed by atoms with Crippen LogP contribution in [0.1, 0.15) is 17.0 Å². The summed E-state index contributed by atoms with van der Waals surface area (Å²) in [5, 5.41) is 3.19. The minimum Gasteiger partial charge on any atom is -0.368 e. The molecule has 1 fully saturated rings. The number of nitrogen functional groups attached to an aromatic ring is 1. The first-order valence-corrected chi connectivity index (χ1v) is 12.1. The van der Waals surface area contributed by atoms with Gasteiger partial charge >= 0.3 is 0 Å². The predicted octanol–water partition coefficient (Wildman–Crippen LogP) is 2.15. The van der Waals surface area contributed by atoms with Gasteiger partial charge in [0.1, 0.15) is 5.82 Å². The number of nitrogens with two attached hydrogens (primary N) is 1. The second-order valence-corrected chi connectivity index (χ2v) is 9.76. The van der Waals surface area contributed by atoms with E-state index in [-0.39, 0.29) is 11.7 Å². The highest BCUT2D eigenvalue weighted by Gasteiger charge is 2.27. The molecule has 0 bridgehead atoms. The van der Waals surface area contributed by atoms with Gasteiger partial charge in [0, 0.05) is 31.9 Å². The summed E-state index contributed by atoms with van der Waals surface area (Å²) in [5.41, 5.74) is 8.67. The Hall–Kier alpha value is -3.08. The van der Waals surface area contributed by atoms with Crippen LogP contribution in [-0.2, 0) is 22.3 Å². The molecule has 2 aromatic carbocycles. The molecule has 3 N–H and O–H groups in total. The molecule has 3 aromatic rings. The Morgan fingerprint density at radius 1 is 0.938 bits per heavy atom. The maximum Gasteiger partial charge on any atom is 0.232 e. The second kappa shape index (κ2) is 9.60. The summed E-state index contributed by atoms with van der Waals surface area (Å²) in [6, 6.07) is 17.1. The quantitative estimate of drug-likeness (QED) is 0.559. The first kappa shape index (κ1) is 22.1. The van der Waals surface area contributed by atoms with Crippen LogP contribution < -0.4 is 11.1 Å². The summed E-state index contributed by atoms with van der Waals surface area (Å²) in [4.78, 5) is 15.1. The van der Waals surface area contributed by atoms with Crippen molar-refractivity contribution in [2.75, 3.05) is 37.2 Å². The van der Waals surface area contributed by atoms with Crippen molar-refractivity contribution in [3.63, 3.8) is 0 Å². The maximum absolute atomic E-state index is 12.8. The van der Waals surface area contributed by atoms with Crippen molar-refractivity contribution in [2.24, 2.45) is 0 Å². The highest BCUT2D eigenvalue weighted by Crippen LogP contribution is 2.19. The van der Waals surface area contributed by atoms with E-state index in [0.717, 1.165) is 16.8 Å². The van der Waals surface area contributed by atoms with Crippen LogP contribution in [0.15, 0.2) is 54.6 Å². The second-order valence-electron chi connectivity index (χ2n) is 7.79. The van der Waals surface area contributed by atoms with Crippen molar-refractivity contribution in [1.29, 1.82) is 0 Å². The fourth-order valence-corrected chi connectivity index (χ4v) is 5.16. The largest absolute Gasteiger partial charge is 0.368 e. The van der Waals surface area contributed by atoms with Crippen molar-refractivity contribution in [3.8, 4) is 0 Å². The minimum absolute atomic E-state index is 0.0196. The van der Waals surface area contributed by atoms with Gasteiger partial charge in [-0.15, -0.1) is 0 Å². The Kier molecular flexibility index (Phi) is 6.63. The summed E-state index contributed by atoms with van der Waals surface area (Å²) < 4.78 is 27.1. The van der Waals surface area contributed by atoms with Crippen LogP contribution in [0.4, 0.5) is 17.6 Å². The van der Waals surface area contributed by atoms with Crippen molar-refractivity contribution >= 4 is 27.6 Å². The molecule has 10 heteroatoms. The van der Waals surface area contributed by atoms with Gasteiger partial charge in [-0.05, 0) is 24.1 Å². The van der Waals surface area contributed by atoms with Crippen LogP contribution in [0.2, 0.25) is 0 Å². The van der Waals surface area contributed by atoms with Crippen LogP contribution in [0.5, 0.6) is 0 Å².